The first-order valence-corrected chi connectivity index (χ1v) is 9.08. The van der Waals surface area contributed by atoms with Crippen molar-refractivity contribution in [2.75, 3.05) is 0 Å². The highest BCUT2D eigenvalue weighted by atomic mass is 35.5. The van der Waals surface area contributed by atoms with Gasteiger partial charge < -0.3 is 0 Å². The maximum atomic E-state index is 6.13. The van der Waals surface area contributed by atoms with E-state index < -0.39 is 0 Å². The second-order valence-electron chi connectivity index (χ2n) is 6.07. The van der Waals surface area contributed by atoms with Gasteiger partial charge in [0.1, 0.15) is 0 Å². The maximum absolute atomic E-state index is 6.13. The molecule has 0 aliphatic rings. The number of benzene rings is 3. The molecule has 3 aromatic carbocycles. The lowest BCUT2D eigenvalue weighted by Gasteiger charge is -2.09. The van der Waals surface area contributed by atoms with E-state index in [0.29, 0.717) is 0 Å². The number of rotatable bonds is 5. The average molecular weight is 357 g/mol. The Morgan fingerprint density at radius 2 is 1.31 bits per heavy atom. The second-order valence-corrected chi connectivity index (χ2v) is 6.29. The summed E-state index contributed by atoms with van der Waals surface area (Å²) in [7, 11) is 0. The molecule has 3 rings (SSSR count). The monoisotopic (exact) mass is 356 g/mol. The molecule has 0 amide bonds. The number of allylic oxidation sites excluding steroid dienone is 2. The summed E-state index contributed by atoms with van der Waals surface area (Å²) < 4.78 is 0. The van der Waals surface area contributed by atoms with E-state index in [4.69, 9.17) is 11.6 Å². The van der Waals surface area contributed by atoms with Crippen molar-refractivity contribution >= 4 is 35.4 Å². The van der Waals surface area contributed by atoms with Crippen molar-refractivity contribution < 1.29 is 0 Å². The molecule has 1 heteroatoms. The summed E-state index contributed by atoms with van der Waals surface area (Å²) in [4.78, 5) is 0. The fraction of sp³-hybridized carbons (Fsp3) is 0.0400. The lowest BCUT2D eigenvalue weighted by Crippen LogP contribution is -1.90. The highest BCUT2D eigenvalue weighted by molar-refractivity contribution is 6.29. The van der Waals surface area contributed by atoms with Crippen LogP contribution in [0.15, 0.2) is 90.5 Å². The zero-order chi connectivity index (χ0) is 18.2. The second kappa shape index (κ2) is 9.03. The van der Waals surface area contributed by atoms with Gasteiger partial charge in [-0.3, -0.25) is 0 Å². The molecule has 0 heterocycles. The van der Waals surface area contributed by atoms with Gasteiger partial charge in [-0.15, -0.1) is 0 Å². The summed E-state index contributed by atoms with van der Waals surface area (Å²) in [5, 5.41) is 0. The van der Waals surface area contributed by atoms with Crippen LogP contribution in [0.2, 0.25) is 0 Å². The number of hydrogen-bond donors (Lipinski definition) is 0. The molecule has 0 atom stereocenters. The molecule has 3 aromatic rings. The largest absolute Gasteiger partial charge is 0.0923 e. The Balaban J connectivity index is 1.88. The van der Waals surface area contributed by atoms with Crippen molar-refractivity contribution in [3.05, 3.63) is 118 Å². The Hall–Kier alpha value is -2.83. The van der Waals surface area contributed by atoms with E-state index in [9.17, 15) is 0 Å². The lowest BCUT2D eigenvalue weighted by molar-refractivity contribution is 1.41. The van der Waals surface area contributed by atoms with Crippen molar-refractivity contribution in [3.8, 4) is 0 Å². The average Bonchev–Trinajstić information content (AvgIpc) is 2.70. The molecule has 0 bridgehead atoms. The first kappa shape index (κ1) is 18.0. The Bertz CT molecular complexity index is 932. The predicted octanol–water partition coefficient (Wildman–Crippen LogP) is 7.46. The SMILES string of the molecule is Cc1c(C=Cc2ccccc2)cccc1C(C=Cc1ccccc1)=CCl. The van der Waals surface area contributed by atoms with Crippen LogP contribution in [-0.2, 0) is 0 Å². The molecule has 0 aliphatic carbocycles. The van der Waals surface area contributed by atoms with Gasteiger partial charge >= 0.3 is 0 Å². The van der Waals surface area contributed by atoms with Crippen molar-refractivity contribution in [1.29, 1.82) is 0 Å². The minimum atomic E-state index is 1.00. The molecule has 26 heavy (non-hydrogen) atoms. The van der Waals surface area contributed by atoms with Gasteiger partial charge in [0.25, 0.3) is 0 Å². The zero-order valence-electron chi connectivity index (χ0n) is 14.8. The fourth-order valence-electron chi connectivity index (χ4n) is 2.83. The summed E-state index contributed by atoms with van der Waals surface area (Å²) in [5.41, 5.74) is 8.53. The molecule has 0 aliphatic heterocycles. The van der Waals surface area contributed by atoms with E-state index >= 15 is 0 Å². The fourth-order valence-corrected chi connectivity index (χ4v) is 3.02. The van der Waals surface area contributed by atoms with Gasteiger partial charge in [-0.25, -0.2) is 0 Å². The lowest BCUT2D eigenvalue weighted by atomic mass is 9.96. The van der Waals surface area contributed by atoms with E-state index in [2.05, 4.69) is 73.7 Å². The van der Waals surface area contributed by atoms with Crippen LogP contribution < -0.4 is 0 Å². The van der Waals surface area contributed by atoms with Gasteiger partial charge in [0.15, 0.2) is 0 Å². The molecule has 0 fully saturated rings. The number of halogens is 1. The third kappa shape index (κ3) is 4.62. The van der Waals surface area contributed by atoms with Crippen LogP contribution >= 0.6 is 11.6 Å². The van der Waals surface area contributed by atoms with Gasteiger partial charge in [-0.1, -0.05) is 115 Å². The van der Waals surface area contributed by atoms with Crippen LogP contribution in [0.1, 0.15) is 27.8 Å². The molecule has 0 nitrogen and oxygen atoms in total. The quantitative estimate of drug-likeness (QED) is 0.328. The van der Waals surface area contributed by atoms with Crippen LogP contribution in [-0.4, -0.2) is 0 Å². The van der Waals surface area contributed by atoms with Gasteiger partial charge in [-0.2, -0.15) is 0 Å². The van der Waals surface area contributed by atoms with E-state index in [-0.39, 0.29) is 0 Å². The minimum absolute atomic E-state index is 1.00. The Morgan fingerprint density at radius 3 is 1.92 bits per heavy atom. The van der Waals surface area contributed by atoms with E-state index in [0.717, 1.165) is 16.7 Å². The molecule has 0 aromatic heterocycles. The van der Waals surface area contributed by atoms with Crippen LogP contribution in [0, 0.1) is 6.92 Å². The summed E-state index contributed by atoms with van der Waals surface area (Å²) in [6.45, 7) is 2.14. The minimum Gasteiger partial charge on any atom is -0.0923 e. The molecule has 0 radical (unpaired) electrons. The third-order valence-electron chi connectivity index (χ3n) is 4.31. The van der Waals surface area contributed by atoms with Crippen molar-refractivity contribution in [2.45, 2.75) is 6.92 Å². The highest BCUT2D eigenvalue weighted by Crippen LogP contribution is 2.25. The Labute approximate surface area is 160 Å². The van der Waals surface area contributed by atoms with Crippen LogP contribution in [0.25, 0.3) is 23.8 Å². The van der Waals surface area contributed by atoms with Crippen LogP contribution in [0.4, 0.5) is 0 Å². The summed E-state index contributed by atoms with van der Waals surface area (Å²) in [5.74, 6) is 0. The maximum Gasteiger partial charge on any atom is 0.0121 e. The zero-order valence-corrected chi connectivity index (χ0v) is 15.5. The normalized spacial score (nSPS) is 12.2. The molecular formula is C25H21Cl. The van der Waals surface area contributed by atoms with Gasteiger partial charge in [-0.05, 0) is 40.3 Å². The Morgan fingerprint density at radius 1 is 0.692 bits per heavy atom. The summed E-state index contributed by atoms with van der Waals surface area (Å²) in [6.07, 6.45) is 8.44. The van der Waals surface area contributed by atoms with Crippen molar-refractivity contribution in [3.63, 3.8) is 0 Å². The smallest absolute Gasteiger partial charge is 0.0121 e. The molecule has 0 unspecified atom stereocenters. The van der Waals surface area contributed by atoms with E-state index in [1.807, 2.05) is 36.4 Å². The van der Waals surface area contributed by atoms with E-state index in [1.54, 1.807) is 5.54 Å². The predicted molar refractivity (Wildman–Crippen MR) is 116 cm³/mol. The van der Waals surface area contributed by atoms with Crippen LogP contribution in [0.3, 0.4) is 0 Å². The highest BCUT2D eigenvalue weighted by Gasteiger charge is 2.05. The molecule has 0 N–H and O–H groups in total. The molecule has 0 spiro atoms. The standard InChI is InChI=1S/C25H21Cl/c1-20-23(17-15-21-9-4-2-5-10-21)13-8-14-25(20)24(19-26)18-16-22-11-6-3-7-12-22/h2-19H,1H3. The van der Waals surface area contributed by atoms with Gasteiger partial charge in [0, 0.05) is 5.54 Å². The molecule has 0 saturated carbocycles. The van der Waals surface area contributed by atoms with Gasteiger partial charge in [0.05, 0.1) is 0 Å². The van der Waals surface area contributed by atoms with Gasteiger partial charge in [0.2, 0.25) is 0 Å². The van der Waals surface area contributed by atoms with Crippen molar-refractivity contribution in [1.82, 2.24) is 0 Å². The van der Waals surface area contributed by atoms with Crippen molar-refractivity contribution in [2.24, 2.45) is 0 Å². The molecular weight excluding hydrogens is 336 g/mol. The summed E-state index contributed by atoms with van der Waals surface area (Å²) >= 11 is 6.13. The molecule has 0 saturated heterocycles. The number of hydrogen-bond acceptors (Lipinski definition) is 0. The van der Waals surface area contributed by atoms with Crippen LogP contribution in [0.5, 0.6) is 0 Å². The first-order valence-electron chi connectivity index (χ1n) is 8.64. The third-order valence-corrected chi connectivity index (χ3v) is 4.55. The van der Waals surface area contributed by atoms with E-state index in [1.165, 1.54) is 16.7 Å². The Kier molecular flexibility index (Phi) is 6.24. The first-order chi connectivity index (χ1) is 12.8. The summed E-state index contributed by atoms with van der Waals surface area (Å²) in [6, 6.07) is 26.9. The topological polar surface area (TPSA) is 0 Å². The molecule has 128 valence electrons.